The topological polar surface area (TPSA) is 35.5 Å². The largest absolute Gasteiger partial charge is 0.456 e. The second-order valence-electron chi connectivity index (χ2n) is 11.5. The van der Waals surface area contributed by atoms with Crippen LogP contribution in [0.5, 0.6) is 0 Å². The zero-order chi connectivity index (χ0) is 24.0. The standard InChI is InChI=1S/C29H36O3Si/c1-28(2,3)33(6,7)32-26-23-14-10-11-15-24(23)29(4,5)19-25(26)31-27(30)22-17-16-20-12-8-9-13-21(20)18-22/h8-18,25-26H,19H2,1-7H3. The van der Waals surface area contributed by atoms with Gasteiger partial charge in [0.1, 0.15) is 12.2 Å². The lowest BCUT2D eigenvalue weighted by Crippen LogP contribution is -2.48. The van der Waals surface area contributed by atoms with E-state index >= 15 is 0 Å². The predicted molar refractivity (Wildman–Crippen MR) is 138 cm³/mol. The van der Waals surface area contributed by atoms with E-state index in [2.05, 4.69) is 72.0 Å². The average molecular weight is 461 g/mol. The van der Waals surface area contributed by atoms with Crippen LogP contribution in [0.2, 0.25) is 18.1 Å². The van der Waals surface area contributed by atoms with Crippen LogP contribution in [-0.2, 0) is 14.6 Å². The summed E-state index contributed by atoms with van der Waals surface area (Å²) < 4.78 is 13.2. The zero-order valence-corrected chi connectivity index (χ0v) is 21.9. The molecule has 1 aliphatic rings. The van der Waals surface area contributed by atoms with Crippen molar-refractivity contribution >= 4 is 25.1 Å². The zero-order valence-electron chi connectivity index (χ0n) is 20.9. The van der Waals surface area contributed by atoms with Gasteiger partial charge in [-0.3, -0.25) is 0 Å². The molecule has 0 heterocycles. The SMILES string of the molecule is CC1(C)CC(OC(=O)c2ccc3ccccc3c2)C(O[Si](C)(C)C(C)(C)C)c2ccccc21. The summed E-state index contributed by atoms with van der Waals surface area (Å²) in [5, 5.41) is 2.21. The maximum Gasteiger partial charge on any atom is 0.338 e. The molecule has 3 aromatic carbocycles. The van der Waals surface area contributed by atoms with E-state index in [0.29, 0.717) is 5.56 Å². The molecule has 2 unspecified atom stereocenters. The molecule has 174 valence electrons. The van der Waals surface area contributed by atoms with Gasteiger partial charge in [0.25, 0.3) is 0 Å². The summed E-state index contributed by atoms with van der Waals surface area (Å²) in [6, 6.07) is 22.3. The van der Waals surface area contributed by atoms with Gasteiger partial charge in [-0.15, -0.1) is 0 Å². The van der Waals surface area contributed by atoms with E-state index in [9.17, 15) is 4.79 Å². The summed E-state index contributed by atoms with van der Waals surface area (Å²) in [7, 11) is -2.11. The first-order chi connectivity index (χ1) is 15.4. The summed E-state index contributed by atoms with van der Waals surface area (Å²) >= 11 is 0. The number of hydrogen-bond donors (Lipinski definition) is 0. The molecule has 3 aromatic rings. The van der Waals surface area contributed by atoms with E-state index < -0.39 is 8.32 Å². The number of carbonyl (C=O) groups is 1. The Bertz CT molecular complexity index is 1170. The highest BCUT2D eigenvalue weighted by atomic mass is 28.4. The highest BCUT2D eigenvalue weighted by molar-refractivity contribution is 6.74. The lowest BCUT2D eigenvalue weighted by atomic mass is 9.70. The van der Waals surface area contributed by atoms with Crippen LogP contribution in [0.1, 0.15) is 68.6 Å². The molecule has 0 aromatic heterocycles. The molecule has 0 fully saturated rings. The highest BCUT2D eigenvalue weighted by Crippen LogP contribution is 2.48. The van der Waals surface area contributed by atoms with Gasteiger partial charge < -0.3 is 9.16 Å². The number of benzene rings is 3. The maximum absolute atomic E-state index is 13.3. The van der Waals surface area contributed by atoms with Gasteiger partial charge in [0.05, 0.1) is 5.56 Å². The number of ether oxygens (including phenoxy) is 1. The molecule has 0 saturated heterocycles. The Morgan fingerprint density at radius 1 is 0.939 bits per heavy atom. The molecule has 0 radical (unpaired) electrons. The van der Waals surface area contributed by atoms with Crippen molar-refractivity contribution in [2.45, 2.75) is 76.8 Å². The number of esters is 1. The molecule has 0 amide bonds. The Balaban J connectivity index is 1.70. The summed E-state index contributed by atoms with van der Waals surface area (Å²) in [6.45, 7) is 15.7. The van der Waals surface area contributed by atoms with Gasteiger partial charge in [-0.1, -0.05) is 89.2 Å². The minimum atomic E-state index is -2.11. The number of hydrogen-bond acceptors (Lipinski definition) is 3. The van der Waals surface area contributed by atoms with Crippen molar-refractivity contribution in [2.75, 3.05) is 0 Å². The molecule has 0 aliphatic heterocycles. The van der Waals surface area contributed by atoms with Crippen molar-refractivity contribution in [3.63, 3.8) is 0 Å². The summed E-state index contributed by atoms with van der Waals surface area (Å²) in [6.07, 6.45) is 0.116. The Morgan fingerprint density at radius 2 is 1.58 bits per heavy atom. The van der Waals surface area contributed by atoms with Gasteiger partial charge in [0, 0.05) is 0 Å². The molecular formula is C29H36O3Si. The maximum atomic E-state index is 13.3. The van der Waals surface area contributed by atoms with E-state index in [1.807, 2.05) is 42.5 Å². The average Bonchev–Trinajstić information content (AvgIpc) is 2.75. The van der Waals surface area contributed by atoms with Crippen LogP contribution in [0.3, 0.4) is 0 Å². The first kappa shape index (κ1) is 23.7. The Hall–Kier alpha value is -2.43. The minimum Gasteiger partial charge on any atom is -0.456 e. The van der Waals surface area contributed by atoms with Gasteiger partial charge in [0.15, 0.2) is 8.32 Å². The third-order valence-corrected chi connectivity index (χ3v) is 12.0. The molecule has 33 heavy (non-hydrogen) atoms. The quantitative estimate of drug-likeness (QED) is 0.294. The van der Waals surface area contributed by atoms with E-state index in [1.165, 1.54) is 5.56 Å². The predicted octanol–water partition coefficient (Wildman–Crippen LogP) is 7.81. The van der Waals surface area contributed by atoms with Crippen molar-refractivity contribution in [1.29, 1.82) is 0 Å². The van der Waals surface area contributed by atoms with Gasteiger partial charge >= 0.3 is 5.97 Å². The Labute approximate surface area is 199 Å². The molecule has 4 heteroatoms. The molecule has 0 N–H and O–H groups in total. The molecule has 0 saturated carbocycles. The third kappa shape index (κ3) is 4.64. The lowest BCUT2D eigenvalue weighted by molar-refractivity contribution is -0.0320. The molecule has 3 nitrogen and oxygen atoms in total. The molecule has 0 bridgehead atoms. The van der Waals surface area contributed by atoms with Crippen molar-refractivity contribution in [3.8, 4) is 0 Å². The fourth-order valence-corrected chi connectivity index (χ4v) is 5.81. The smallest absolute Gasteiger partial charge is 0.338 e. The van der Waals surface area contributed by atoms with Crippen molar-refractivity contribution in [1.82, 2.24) is 0 Å². The Morgan fingerprint density at radius 3 is 2.27 bits per heavy atom. The number of fused-ring (bicyclic) bond motifs is 2. The fourth-order valence-electron chi connectivity index (χ4n) is 4.54. The summed E-state index contributed by atoms with van der Waals surface area (Å²) in [5.41, 5.74) is 2.90. The van der Waals surface area contributed by atoms with E-state index in [1.54, 1.807) is 0 Å². The van der Waals surface area contributed by atoms with Crippen LogP contribution < -0.4 is 0 Å². The van der Waals surface area contributed by atoms with Crippen LogP contribution in [0.25, 0.3) is 10.8 Å². The highest BCUT2D eigenvalue weighted by Gasteiger charge is 2.47. The van der Waals surface area contributed by atoms with Gasteiger partial charge in [0.2, 0.25) is 0 Å². The molecule has 1 aliphatic carbocycles. The first-order valence-corrected chi connectivity index (χ1v) is 14.8. The number of rotatable bonds is 4. The summed E-state index contributed by atoms with van der Waals surface area (Å²) in [5.74, 6) is -0.287. The summed E-state index contributed by atoms with van der Waals surface area (Å²) in [4.78, 5) is 13.3. The second-order valence-corrected chi connectivity index (χ2v) is 16.2. The minimum absolute atomic E-state index is 0.0574. The first-order valence-electron chi connectivity index (χ1n) is 11.9. The molecule has 4 rings (SSSR count). The normalized spacial score (nSPS) is 20.3. The van der Waals surface area contributed by atoms with E-state index in [0.717, 1.165) is 22.8 Å². The monoisotopic (exact) mass is 460 g/mol. The molecule has 0 spiro atoms. The second kappa shape index (κ2) is 8.41. The van der Waals surface area contributed by atoms with Crippen LogP contribution in [0.4, 0.5) is 0 Å². The number of carbonyl (C=O) groups excluding carboxylic acids is 1. The van der Waals surface area contributed by atoms with E-state index in [-0.39, 0.29) is 28.6 Å². The van der Waals surface area contributed by atoms with Crippen molar-refractivity contribution in [3.05, 3.63) is 83.4 Å². The van der Waals surface area contributed by atoms with Crippen LogP contribution in [0, 0.1) is 0 Å². The van der Waals surface area contributed by atoms with Gasteiger partial charge in [-0.25, -0.2) is 4.79 Å². The van der Waals surface area contributed by atoms with E-state index in [4.69, 9.17) is 9.16 Å². The lowest BCUT2D eigenvalue weighted by Gasteiger charge is -2.46. The fraction of sp³-hybridized carbons (Fsp3) is 0.414. The van der Waals surface area contributed by atoms with Crippen LogP contribution >= 0.6 is 0 Å². The molecule has 2 atom stereocenters. The van der Waals surface area contributed by atoms with Crippen LogP contribution in [-0.4, -0.2) is 20.4 Å². The van der Waals surface area contributed by atoms with Crippen molar-refractivity contribution in [2.24, 2.45) is 0 Å². The third-order valence-electron chi connectivity index (χ3n) is 7.52. The molecular weight excluding hydrogens is 424 g/mol. The Kier molecular flexibility index (Phi) is 6.04. The van der Waals surface area contributed by atoms with Gasteiger partial charge in [-0.2, -0.15) is 0 Å². The van der Waals surface area contributed by atoms with Crippen molar-refractivity contribution < 1.29 is 14.0 Å². The van der Waals surface area contributed by atoms with Crippen LogP contribution in [0.15, 0.2) is 66.7 Å². The van der Waals surface area contributed by atoms with Gasteiger partial charge in [-0.05, 0) is 64.0 Å².